The zero-order valence-electron chi connectivity index (χ0n) is 8.29. The number of hydrogen-bond acceptors (Lipinski definition) is 0. The monoisotopic (exact) mass is 173 g/mol. The predicted molar refractivity (Wildman–Crippen MR) is 56.6 cm³/mol. The van der Waals surface area contributed by atoms with E-state index in [-0.39, 0.29) is 0 Å². The second kappa shape index (κ2) is 3.53. The van der Waals surface area contributed by atoms with Crippen molar-refractivity contribution in [2.24, 2.45) is 5.92 Å². The van der Waals surface area contributed by atoms with Gasteiger partial charge in [0, 0.05) is 0 Å². The molecule has 1 aromatic carbocycles. The Labute approximate surface area is 81.0 Å². The summed E-state index contributed by atoms with van der Waals surface area (Å²) in [5.41, 5.74) is 2.74. The van der Waals surface area contributed by atoms with Crippen molar-refractivity contribution in [1.82, 2.24) is 0 Å². The van der Waals surface area contributed by atoms with Crippen LogP contribution in [0.15, 0.2) is 24.3 Å². The first kappa shape index (κ1) is 8.80. The van der Waals surface area contributed by atoms with Gasteiger partial charge in [0.1, 0.15) is 0 Å². The van der Waals surface area contributed by atoms with Crippen molar-refractivity contribution in [3.05, 3.63) is 42.3 Å². The molecule has 0 aromatic heterocycles. The maximum Gasteiger partial charge on any atom is -0.0159 e. The first-order chi connectivity index (χ1) is 6.25. The maximum absolute atomic E-state index is 4.22. The van der Waals surface area contributed by atoms with E-state index >= 15 is 0 Å². The molecule has 2 rings (SSSR count). The lowest BCUT2D eigenvalue weighted by Gasteiger charge is -2.10. The highest BCUT2D eigenvalue weighted by Crippen LogP contribution is 2.38. The fraction of sp³-hybridized carbons (Fsp3) is 0.462. The average molecular weight is 173 g/mol. The van der Waals surface area contributed by atoms with Gasteiger partial charge in [-0.2, -0.15) is 0 Å². The van der Waals surface area contributed by atoms with Gasteiger partial charge in [-0.15, -0.1) is 0 Å². The summed E-state index contributed by atoms with van der Waals surface area (Å²) < 4.78 is 0. The number of benzene rings is 1. The molecule has 1 aliphatic rings. The fourth-order valence-corrected chi connectivity index (χ4v) is 1.73. The van der Waals surface area contributed by atoms with Crippen LogP contribution in [-0.4, -0.2) is 0 Å². The molecule has 0 spiro atoms. The van der Waals surface area contributed by atoms with Gasteiger partial charge >= 0.3 is 0 Å². The van der Waals surface area contributed by atoms with E-state index in [1.165, 1.54) is 30.4 Å². The van der Waals surface area contributed by atoms with Gasteiger partial charge in [-0.1, -0.05) is 42.7 Å². The van der Waals surface area contributed by atoms with Crippen molar-refractivity contribution >= 4 is 0 Å². The third-order valence-corrected chi connectivity index (χ3v) is 2.86. The molecule has 0 heteroatoms. The zero-order valence-corrected chi connectivity index (χ0v) is 8.29. The van der Waals surface area contributed by atoms with Crippen LogP contribution in [0.2, 0.25) is 0 Å². The Morgan fingerprint density at radius 3 is 2.46 bits per heavy atom. The highest BCUT2D eigenvalue weighted by molar-refractivity contribution is 5.25. The van der Waals surface area contributed by atoms with Gasteiger partial charge < -0.3 is 0 Å². The quantitative estimate of drug-likeness (QED) is 0.653. The van der Waals surface area contributed by atoms with Crippen molar-refractivity contribution in [2.45, 2.75) is 32.1 Å². The predicted octanol–water partition coefficient (Wildman–Crippen LogP) is 3.71. The average Bonchev–Trinajstić information content (AvgIpc) is 2.89. The van der Waals surface area contributed by atoms with Crippen molar-refractivity contribution in [3.63, 3.8) is 0 Å². The van der Waals surface area contributed by atoms with Crippen molar-refractivity contribution in [3.8, 4) is 0 Å². The van der Waals surface area contributed by atoms with E-state index in [4.69, 9.17) is 0 Å². The molecule has 1 aromatic rings. The molecule has 0 aliphatic heterocycles. The van der Waals surface area contributed by atoms with Crippen LogP contribution >= 0.6 is 0 Å². The topological polar surface area (TPSA) is 0 Å². The van der Waals surface area contributed by atoms with E-state index in [0.717, 1.165) is 5.92 Å². The summed E-state index contributed by atoms with van der Waals surface area (Å²) >= 11 is 0. The van der Waals surface area contributed by atoms with Crippen molar-refractivity contribution < 1.29 is 0 Å². The molecule has 0 bridgehead atoms. The number of hydrogen-bond donors (Lipinski definition) is 0. The highest BCUT2D eigenvalue weighted by atomic mass is 14.3. The van der Waals surface area contributed by atoms with E-state index < -0.39 is 0 Å². The molecule has 69 valence electrons. The number of rotatable bonds is 3. The molecular formula is C13H17. The summed E-state index contributed by atoms with van der Waals surface area (Å²) in [5.74, 6) is 1.48. The Bertz CT molecular complexity index is 267. The second-order valence-corrected chi connectivity index (χ2v) is 4.29. The molecule has 0 nitrogen and oxygen atoms in total. The van der Waals surface area contributed by atoms with E-state index in [9.17, 15) is 0 Å². The van der Waals surface area contributed by atoms with Crippen LogP contribution in [0.3, 0.4) is 0 Å². The Morgan fingerprint density at radius 2 is 1.92 bits per heavy atom. The minimum absolute atomic E-state index is 0.507. The molecule has 0 saturated heterocycles. The third kappa shape index (κ3) is 2.33. The first-order valence-corrected chi connectivity index (χ1v) is 5.15. The third-order valence-electron chi connectivity index (χ3n) is 2.86. The lowest BCUT2D eigenvalue weighted by atomic mass is 9.95. The minimum atomic E-state index is 0.507. The van der Waals surface area contributed by atoms with E-state index in [1.807, 2.05) is 0 Å². The first-order valence-electron chi connectivity index (χ1n) is 5.15. The smallest absolute Gasteiger partial charge is 0.0159 e. The molecule has 0 amide bonds. The van der Waals surface area contributed by atoms with Gasteiger partial charge in [-0.25, -0.2) is 0 Å². The van der Waals surface area contributed by atoms with Crippen LogP contribution in [0.1, 0.15) is 36.3 Å². The lowest BCUT2D eigenvalue weighted by molar-refractivity contribution is 0.660. The summed E-state index contributed by atoms with van der Waals surface area (Å²) in [6, 6.07) is 8.80. The lowest BCUT2D eigenvalue weighted by Crippen LogP contribution is -1.94. The second-order valence-electron chi connectivity index (χ2n) is 4.29. The standard InChI is InChI=1S/C13H17/c1-10-3-7-13(8-4-10)11(2)9-12-5-6-12/h3-4,7-8,11-12H,2,5-6,9H2,1H3. The van der Waals surface area contributed by atoms with Gasteiger partial charge in [-0.3, -0.25) is 0 Å². The van der Waals surface area contributed by atoms with Crippen LogP contribution < -0.4 is 0 Å². The van der Waals surface area contributed by atoms with Crippen LogP contribution in [0.4, 0.5) is 0 Å². The Morgan fingerprint density at radius 1 is 1.31 bits per heavy atom. The van der Waals surface area contributed by atoms with Gasteiger partial charge in [0.25, 0.3) is 0 Å². The number of aryl methyl sites for hydroxylation is 1. The zero-order chi connectivity index (χ0) is 9.26. The molecule has 1 aliphatic carbocycles. The summed E-state index contributed by atoms with van der Waals surface area (Å²) in [6.45, 7) is 6.35. The Kier molecular flexibility index (Phi) is 2.39. The molecule has 1 unspecified atom stereocenters. The van der Waals surface area contributed by atoms with Crippen LogP contribution in [0.5, 0.6) is 0 Å². The van der Waals surface area contributed by atoms with E-state index in [0.29, 0.717) is 5.92 Å². The molecule has 1 fully saturated rings. The van der Waals surface area contributed by atoms with E-state index in [2.05, 4.69) is 38.1 Å². The van der Waals surface area contributed by atoms with Gasteiger partial charge in [0.05, 0.1) is 0 Å². The summed E-state index contributed by atoms with van der Waals surface area (Å²) in [7, 11) is 0. The van der Waals surface area contributed by atoms with Gasteiger partial charge in [0.15, 0.2) is 0 Å². The maximum atomic E-state index is 4.22. The molecule has 1 saturated carbocycles. The highest BCUT2D eigenvalue weighted by Gasteiger charge is 2.23. The fourth-order valence-electron chi connectivity index (χ4n) is 1.73. The Hall–Kier alpha value is -0.780. The van der Waals surface area contributed by atoms with Crippen LogP contribution in [0.25, 0.3) is 0 Å². The van der Waals surface area contributed by atoms with Gasteiger partial charge in [-0.05, 0) is 37.7 Å². The molecule has 1 radical (unpaired) electrons. The summed E-state index contributed by atoms with van der Waals surface area (Å²) in [4.78, 5) is 0. The molecule has 1 atom stereocenters. The normalized spacial score (nSPS) is 18.6. The molecule has 13 heavy (non-hydrogen) atoms. The molecule has 0 heterocycles. The van der Waals surface area contributed by atoms with Gasteiger partial charge in [0.2, 0.25) is 0 Å². The largest absolute Gasteiger partial charge is 0.0590 e. The van der Waals surface area contributed by atoms with Crippen LogP contribution in [0, 0.1) is 19.8 Å². The SMILES string of the molecule is [CH2]C(CC1CC1)c1ccc(C)cc1. The van der Waals surface area contributed by atoms with Crippen molar-refractivity contribution in [1.29, 1.82) is 0 Å². The summed E-state index contributed by atoms with van der Waals surface area (Å²) in [6.07, 6.45) is 4.14. The minimum Gasteiger partial charge on any atom is -0.0590 e. The van der Waals surface area contributed by atoms with Crippen LogP contribution in [-0.2, 0) is 0 Å². The molecular weight excluding hydrogens is 156 g/mol. The van der Waals surface area contributed by atoms with E-state index in [1.54, 1.807) is 0 Å². The van der Waals surface area contributed by atoms with Crippen molar-refractivity contribution in [2.75, 3.05) is 0 Å². The summed E-state index contributed by atoms with van der Waals surface area (Å²) in [5, 5.41) is 0. The Balaban J connectivity index is 2.01. The molecule has 0 N–H and O–H groups in total.